The molecule has 16 aromatic carbocycles. The minimum atomic E-state index is -0.0136. The Hall–Kier alpha value is -13.3. The molecular formula is C103H80N4. The third kappa shape index (κ3) is 11.9. The van der Waals surface area contributed by atoms with Crippen LogP contribution >= 0.6 is 0 Å². The van der Waals surface area contributed by atoms with E-state index in [4.69, 9.17) is 0 Å². The lowest BCUT2D eigenvalue weighted by Gasteiger charge is -2.34. The zero-order chi connectivity index (χ0) is 72.3. The van der Waals surface area contributed by atoms with E-state index in [1.165, 1.54) is 188 Å². The second-order valence-corrected chi connectivity index (χ2v) is 29.1. The van der Waals surface area contributed by atoms with E-state index in [-0.39, 0.29) is 5.41 Å². The fourth-order valence-corrected chi connectivity index (χ4v) is 16.5. The van der Waals surface area contributed by atoms with E-state index in [0.717, 1.165) is 0 Å². The number of aryl methyl sites for hydroxylation is 4. The van der Waals surface area contributed by atoms with Gasteiger partial charge in [0.25, 0.3) is 0 Å². The Morgan fingerprint density at radius 1 is 0.196 bits per heavy atom. The highest BCUT2D eigenvalue weighted by Crippen LogP contribution is 2.48. The van der Waals surface area contributed by atoms with Gasteiger partial charge < -0.3 is 18.3 Å². The van der Waals surface area contributed by atoms with Gasteiger partial charge in [-0.2, -0.15) is 0 Å². The van der Waals surface area contributed by atoms with Crippen LogP contribution in [-0.2, 0) is 5.41 Å². The minimum Gasteiger partial charge on any atom is -0.309 e. The van der Waals surface area contributed by atoms with Gasteiger partial charge in [0.15, 0.2) is 0 Å². The Morgan fingerprint density at radius 2 is 0.486 bits per heavy atom. The first-order valence-corrected chi connectivity index (χ1v) is 37.2. The van der Waals surface area contributed by atoms with Gasteiger partial charge in [-0.05, 0) is 186 Å². The number of nitrogens with zero attached hydrogens (tertiary/aromatic N) is 4. The Morgan fingerprint density at radius 3 is 0.935 bits per heavy atom. The summed E-state index contributed by atoms with van der Waals surface area (Å²) >= 11 is 0. The molecule has 0 saturated carbocycles. The molecule has 0 saturated heterocycles. The summed E-state index contributed by atoms with van der Waals surface area (Å²) in [5.41, 5.74) is 33.1. The van der Waals surface area contributed by atoms with Crippen molar-refractivity contribution in [2.45, 2.75) is 47.0 Å². The molecule has 0 unspecified atom stereocenters. The molecule has 4 aromatic heterocycles. The van der Waals surface area contributed by atoms with E-state index >= 15 is 0 Å². The van der Waals surface area contributed by atoms with Crippen LogP contribution in [0.25, 0.3) is 154 Å². The largest absolute Gasteiger partial charge is 0.309 e. The Kier molecular flexibility index (Phi) is 16.8. The van der Waals surface area contributed by atoms with Gasteiger partial charge in [-0.1, -0.05) is 310 Å². The number of para-hydroxylation sites is 9. The minimum absolute atomic E-state index is 0.0136. The van der Waals surface area contributed by atoms with Crippen LogP contribution in [0.3, 0.4) is 0 Å². The number of rotatable bonds is 7. The molecule has 0 N–H and O–H groups in total. The fraction of sp³-hybridized carbons (Fsp3) is 0.0680. The molecule has 0 aliphatic carbocycles. The van der Waals surface area contributed by atoms with E-state index < -0.39 is 0 Å². The van der Waals surface area contributed by atoms with E-state index in [2.05, 4.69) is 436 Å². The number of aromatic nitrogens is 4. The lowest BCUT2D eigenvalue weighted by Crippen LogP contribution is -2.26. The van der Waals surface area contributed by atoms with Crippen LogP contribution < -0.4 is 0 Å². The molecule has 0 fully saturated rings. The Balaban J connectivity index is 0.000000102. The Bertz CT molecular complexity index is 6690. The normalized spacial score (nSPS) is 12.1. The van der Waals surface area contributed by atoms with Crippen LogP contribution in [0.5, 0.6) is 0 Å². The summed E-state index contributed by atoms with van der Waals surface area (Å²) in [7, 11) is 0. The van der Waals surface area contributed by atoms with Crippen LogP contribution in [0.1, 0.15) is 47.2 Å². The third-order valence-corrected chi connectivity index (χ3v) is 21.9. The van der Waals surface area contributed by atoms with Crippen molar-refractivity contribution in [2.24, 2.45) is 0 Å². The van der Waals surface area contributed by atoms with Crippen LogP contribution in [-0.4, -0.2) is 18.3 Å². The molecule has 0 atom stereocenters. The van der Waals surface area contributed by atoms with E-state index in [1.807, 2.05) is 0 Å². The second kappa shape index (κ2) is 27.4. The van der Waals surface area contributed by atoms with Crippen molar-refractivity contribution in [3.8, 4) is 67.3 Å². The highest BCUT2D eigenvalue weighted by Gasteiger charge is 2.35. The molecule has 4 heteroatoms. The molecule has 107 heavy (non-hydrogen) atoms. The first-order valence-electron chi connectivity index (χ1n) is 37.2. The van der Waals surface area contributed by atoms with Gasteiger partial charge in [-0.25, -0.2) is 0 Å². The highest BCUT2D eigenvalue weighted by molar-refractivity contribution is 6.14. The van der Waals surface area contributed by atoms with E-state index in [9.17, 15) is 0 Å². The predicted octanol–water partition coefficient (Wildman–Crippen LogP) is 27.7. The monoisotopic (exact) mass is 1370 g/mol. The molecule has 512 valence electrons. The summed E-state index contributed by atoms with van der Waals surface area (Å²) < 4.78 is 9.54. The maximum absolute atomic E-state index is 2.47. The summed E-state index contributed by atoms with van der Waals surface area (Å²) in [5.74, 6) is 0. The quantitative estimate of drug-likeness (QED) is 0.152. The fourth-order valence-electron chi connectivity index (χ4n) is 16.5. The summed E-state index contributed by atoms with van der Waals surface area (Å²) in [5, 5.41) is 10.5. The summed E-state index contributed by atoms with van der Waals surface area (Å²) in [6, 6.07) is 136. The summed E-state index contributed by atoms with van der Waals surface area (Å²) in [6.45, 7) is 13.3. The number of benzene rings is 16. The maximum atomic E-state index is 2.47. The van der Waals surface area contributed by atoms with E-state index in [1.54, 1.807) is 0 Å². The number of hydrogen-bond acceptors (Lipinski definition) is 0. The van der Waals surface area contributed by atoms with Crippen molar-refractivity contribution in [2.75, 3.05) is 0 Å². The zero-order valence-corrected chi connectivity index (χ0v) is 61.1. The average Bonchev–Trinajstić information content (AvgIpc) is 1.58. The van der Waals surface area contributed by atoms with Crippen LogP contribution in [0.4, 0.5) is 0 Å². The SMILES string of the molecule is Cc1ccc(-c2ccc(-c3ccc4c(c3)c3ccccc3n4-c3ccccc3)cc2)cc1.Cc1ccc(-c2ccc3c(c2)c2cccc4c2n3-c2ccccc2C4(C)C)cc1.Cc1ccc(-c2ccc3c(c2)c2ccccc2n3-c2ccccc2)cc1.Cc1cccc2c3ccccc3n(-c3ccccc3)c12. The van der Waals surface area contributed by atoms with Gasteiger partial charge >= 0.3 is 0 Å². The van der Waals surface area contributed by atoms with Crippen LogP contribution in [0.15, 0.2) is 376 Å². The van der Waals surface area contributed by atoms with Crippen molar-refractivity contribution < 1.29 is 0 Å². The molecular weight excluding hydrogens is 1290 g/mol. The van der Waals surface area contributed by atoms with Crippen molar-refractivity contribution >= 4 is 87.2 Å². The Labute approximate surface area is 625 Å². The second-order valence-electron chi connectivity index (χ2n) is 29.1. The third-order valence-electron chi connectivity index (χ3n) is 21.9. The average molecular weight is 1370 g/mol. The summed E-state index contributed by atoms with van der Waals surface area (Å²) in [4.78, 5) is 0. The molecule has 5 heterocycles. The van der Waals surface area contributed by atoms with Crippen molar-refractivity contribution in [3.63, 3.8) is 0 Å². The molecule has 1 aliphatic heterocycles. The standard InChI is InChI=1S/C31H23N.C28H23N.C25H19N.C19H15N/c1-22-11-13-23(14-12-22)24-15-17-25(18-16-24)26-19-20-31-29(21-26)28-9-5-6-10-30(28)32(31)27-7-3-2-4-8-27;1-18-11-13-19(14-12-18)20-15-16-25-22(17-20)21-7-6-9-24-27(21)29(25)26-10-5-4-8-23(26)28(24,2)3;1-18-11-13-19(14-12-18)20-15-16-25-23(17-20)22-9-5-6-10-24(22)26(25)21-7-3-2-4-8-21;1-14-8-7-12-17-16-11-5-6-13-18(16)20(19(14)17)15-9-3-2-4-10-15/h2-21H,1H3;4-17H,1-3H3;2-17H,1H3;2-13H,1H3. The smallest absolute Gasteiger partial charge is 0.0582 e. The molecule has 0 amide bonds. The van der Waals surface area contributed by atoms with Crippen LogP contribution in [0, 0.1) is 27.7 Å². The van der Waals surface area contributed by atoms with Gasteiger partial charge in [0.2, 0.25) is 0 Å². The van der Waals surface area contributed by atoms with Gasteiger partial charge in [0.1, 0.15) is 0 Å². The van der Waals surface area contributed by atoms with E-state index in [0.29, 0.717) is 0 Å². The topological polar surface area (TPSA) is 19.7 Å². The lowest BCUT2D eigenvalue weighted by atomic mass is 9.75. The highest BCUT2D eigenvalue weighted by atomic mass is 15.0. The maximum Gasteiger partial charge on any atom is 0.0582 e. The lowest BCUT2D eigenvalue weighted by molar-refractivity contribution is 0.630. The molecule has 0 bridgehead atoms. The van der Waals surface area contributed by atoms with Gasteiger partial charge in [0.05, 0.1) is 49.8 Å². The molecule has 0 spiro atoms. The first kappa shape index (κ1) is 65.7. The zero-order valence-electron chi connectivity index (χ0n) is 61.1. The first-order chi connectivity index (χ1) is 52.5. The predicted molar refractivity (Wildman–Crippen MR) is 456 cm³/mol. The van der Waals surface area contributed by atoms with Gasteiger partial charge in [0, 0.05) is 65.6 Å². The van der Waals surface area contributed by atoms with Gasteiger partial charge in [-0.15, -0.1) is 0 Å². The van der Waals surface area contributed by atoms with Crippen molar-refractivity contribution in [1.82, 2.24) is 18.3 Å². The molecule has 21 rings (SSSR count). The summed E-state index contributed by atoms with van der Waals surface area (Å²) in [6.07, 6.45) is 0. The number of hydrogen-bond donors (Lipinski definition) is 0. The van der Waals surface area contributed by atoms with Crippen molar-refractivity contribution in [1.29, 1.82) is 0 Å². The molecule has 20 aromatic rings. The van der Waals surface area contributed by atoms with Crippen molar-refractivity contribution in [3.05, 3.63) is 409 Å². The van der Waals surface area contributed by atoms with Gasteiger partial charge in [-0.3, -0.25) is 0 Å². The number of fused-ring (bicyclic) bond motifs is 14. The molecule has 0 radical (unpaired) electrons. The molecule has 1 aliphatic rings. The molecule has 4 nitrogen and oxygen atoms in total. The van der Waals surface area contributed by atoms with Crippen LogP contribution in [0.2, 0.25) is 0 Å².